The van der Waals surface area contributed by atoms with E-state index in [0.717, 1.165) is 30.4 Å². The standard InChI is InChI=1S/C15H24N2O3S/c1-3-12-8-7-11(10-16)9-15(12)21(18,19)17-13-5-4-6-14(13)20-2/h7-9,13-14,17H,3-6,10,16H2,1-2H3. The molecule has 118 valence electrons. The smallest absolute Gasteiger partial charge is 0.241 e. The Morgan fingerprint density at radius 2 is 2.14 bits per heavy atom. The van der Waals surface area contributed by atoms with Crippen molar-refractivity contribution in [1.82, 2.24) is 4.72 Å². The number of nitrogens with two attached hydrogens (primary N) is 1. The fourth-order valence-electron chi connectivity index (χ4n) is 2.87. The molecular weight excluding hydrogens is 288 g/mol. The summed E-state index contributed by atoms with van der Waals surface area (Å²) in [6.07, 6.45) is 3.32. The van der Waals surface area contributed by atoms with Crippen molar-refractivity contribution >= 4 is 10.0 Å². The highest BCUT2D eigenvalue weighted by Gasteiger charge is 2.32. The van der Waals surface area contributed by atoms with Crippen LogP contribution in [0, 0.1) is 0 Å². The first-order valence-electron chi connectivity index (χ1n) is 7.38. The highest BCUT2D eigenvalue weighted by atomic mass is 32.2. The first-order valence-corrected chi connectivity index (χ1v) is 8.87. The molecule has 1 aromatic rings. The minimum absolute atomic E-state index is 0.0393. The van der Waals surface area contributed by atoms with Crippen molar-refractivity contribution in [2.75, 3.05) is 7.11 Å². The third-order valence-corrected chi connectivity index (χ3v) is 5.67. The number of methoxy groups -OCH3 is 1. The van der Waals surface area contributed by atoms with Crippen LogP contribution in [0.2, 0.25) is 0 Å². The van der Waals surface area contributed by atoms with Crippen molar-refractivity contribution in [1.29, 1.82) is 0 Å². The number of hydrogen-bond donors (Lipinski definition) is 2. The maximum atomic E-state index is 12.7. The fourth-order valence-corrected chi connectivity index (χ4v) is 4.53. The van der Waals surface area contributed by atoms with Gasteiger partial charge in [-0.05, 0) is 42.9 Å². The van der Waals surface area contributed by atoms with Gasteiger partial charge in [0.05, 0.1) is 11.0 Å². The van der Waals surface area contributed by atoms with Crippen LogP contribution in [0.1, 0.15) is 37.3 Å². The summed E-state index contributed by atoms with van der Waals surface area (Å²) >= 11 is 0. The molecule has 2 atom stereocenters. The van der Waals surface area contributed by atoms with E-state index in [1.54, 1.807) is 13.2 Å². The quantitative estimate of drug-likeness (QED) is 0.835. The molecule has 0 aliphatic heterocycles. The van der Waals surface area contributed by atoms with E-state index in [4.69, 9.17) is 10.5 Å². The highest BCUT2D eigenvalue weighted by Crippen LogP contribution is 2.25. The fraction of sp³-hybridized carbons (Fsp3) is 0.600. The summed E-state index contributed by atoms with van der Waals surface area (Å²) in [4.78, 5) is 0.342. The molecule has 0 saturated heterocycles. The van der Waals surface area contributed by atoms with Crippen LogP contribution in [0.5, 0.6) is 0 Å². The molecule has 1 aliphatic rings. The summed E-state index contributed by atoms with van der Waals surface area (Å²) in [5.74, 6) is 0. The Hall–Kier alpha value is -0.950. The van der Waals surface area contributed by atoms with E-state index in [9.17, 15) is 8.42 Å². The van der Waals surface area contributed by atoms with E-state index in [-0.39, 0.29) is 12.1 Å². The molecule has 1 aliphatic carbocycles. The van der Waals surface area contributed by atoms with Gasteiger partial charge in [-0.15, -0.1) is 0 Å². The second kappa shape index (κ2) is 6.87. The van der Waals surface area contributed by atoms with Crippen LogP contribution in [0.25, 0.3) is 0 Å². The molecule has 6 heteroatoms. The van der Waals surface area contributed by atoms with Gasteiger partial charge < -0.3 is 10.5 Å². The van der Waals surface area contributed by atoms with Crippen LogP contribution in [0.4, 0.5) is 0 Å². The third kappa shape index (κ3) is 3.63. The topological polar surface area (TPSA) is 81.4 Å². The molecule has 0 radical (unpaired) electrons. The number of aryl methyl sites for hydroxylation is 1. The Bertz CT molecular complexity index is 587. The Kier molecular flexibility index (Phi) is 5.37. The SMILES string of the molecule is CCc1ccc(CN)cc1S(=O)(=O)NC1CCCC1OC. The van der Waals surface area contributed by atoms with Gasteiger partial charge in [-0.25, -0.2) is 13.1 Å². The summed E-state index contributed by atoms with van der Waals surface area (Å²) in [6.45, 7) is 2.28. The number of benzene rings is 1. The predicted octanol–water partition coefficient (Wildman–Crippen LogP) is 1.55. The predicted molar refractivity (Wildman–Crippen MR) is 82.5 cm³/mol. The van der Waals surface area contributed by atoms with Crippen molar-refractivity contribution in [3.05, 3.63) is 29.3 Å². The van der Waals surface area contributed by atoms with Gasteiger partial charge in [0, 0.05) is 19.7 Å². The van der Waals surface area contributed by atoms with Crippen molar-refractivity contribution in [2.45, 2.75) is 56.2 Å². The number of sulfonamides is 1. The van der Waals surface area contributed by atoms with E-state index in [2.05, 4.69) is 4.72 Å². The van der Waals surface area contributed by atoms with Gasteiger partial charge in [0.1, 0.15) is 0 Å². The van der Waals surface area contributed by atoms with Crippen LogP contribution in [0.3, 0.4) is 0 Å². The third-order valence-electron chi connectivity index (χ3n) is 4.10. The lowest BCUT2D eigenvalue weighted by molar-refractivity contribution is 0.0916. The largest absolute Gasteiger partial charge is 0.380 e. The highest BCUT2D eigenvalue weighted by molar-refractivity contribution is 7.89. The maximum Gasteiger partial charge on any atom is 0.241 e. The zero-order valence-corrected chi connectivity index (χ0v) is 13.4. The lowest BCUT2D eigenvalue weighted by atomic mass is 10.1. The van der Waals surface area contributed by atoms with E-state index in [1.165, 1.54) is 0 Å². The first kappa shape index (κ1) is 16.4. The van der Waals surface area contributed by atoms with Crippen molar-refractivity contribution < 1.29 is 13.2 Å². The van der Waals surface area contributed by atoms with Gasteiger partial charge in [-0.2, -0.15) is 0 Å². The van der Waals surface area contributed by atoms with E-state index in [0.29, 0.717) is 17.9 Å². The molecule has 0 spiro atoms. The van der Waals surface area contributed by atoms with Gasteiger partial charge in [-0.1, -0.05) is 19.1 Å². The van der Waals surface area contributed by atoms with Crippen molar-refractivity contribution in [3.63, 3.8) is 0 Å². The van der Waals surface area contributed by atoms with Gasteiger partial charge in [0.15, 0.2) is 0 Å². The molecule has 21 heavy (non-hydrogen) atoms. The second-order valence-electron chi connectivity index (χ2n) is 5.43. The van der Waals surface area contributed by atoms with Crippen LogP contribution >= 0.6 is 0 Å². The lowest BCUT2D eigenvalue weighted by Gasteiger charge is -2.20. The zero-order chi connectivity index (χ0) is 15.5. The monoisotopic (exact) mass is 312 g/mol. The normalized spacial score (nSPS) is 22.6. The number of nitrogens with one attached hydrogen (secondary N) is 1. The second-order valence-corrected chi connectivity index (χ2v) is 7.11. The summed E-state index contributed by atoms with van der Waals surface area (Å²) in [6, 6.07) is 5.26. The minimum Gasteiger partial charge on any atom is -0.380 e. The Morgan fingerprint density at radius 3 is 2.76 bits per heavy atom. The molecule has 1 saturated carbocycles. The molecule has 3 N–H and O–H groups in total. The summed E-state index contributed by atoms with van der Waals surface area (Å²) in [5.41, 5.74) is 7.26. The lowest BCUT2D eigenvalue weighted by Crippen LogP contribution is -2.41. The van der Waals surface area contributed by atoms with Crippen LogP contribution in [-0.2, 0) is 27.7 Å². The summed E-state index contributed by atoms with van der Waals surface area (Å²) in [7, 11) is -1.92. The molecule has 0 amide bonds. The molecule has 1 aromatic carbocycles. The van der Waals surface area contributed by atoms with Crippen molar-refractivity contribution in [2.24, 2.45) is 5.73 Å². The Balaban J connectivity index is 2.30. The number of rotatable bonds is 6. The molecule has 1 fully saturated rings. The van der Waals surface area contributed by atoms with Crippen LogP contribution in [-0.4, -0.2) is 27.7 Å². The molecule has 0 aromatic heterocycles. The maximum absolute atomic E-state index is 12.7. The molecule has 0 heterocycles. The molecular formula is C15H24N2O3S. The number of ether oxygens (including phenoxy) is 1. The van der Waals surface area contributed by atoms with E-state index >= 15 is 0 Å². The van der Waals surface area contributed by atoms with Crippen molar-refractivity contribution in [3.8, 4) is 0 Å². The van der Waals surface area contributed by atoms with Crippen LogP contribution in [0.15, 0.2) is 23.1 Å². The average molecular weight is 312 g/mol. The van der Waals surface area contributed by atoms with Gasteiger partial charge in [0.2, 0.25) is 10.0 Å². The Morgan fingerprint density at radius 1 is 1.38 bits per heavy atom. The minimum atomic E-state index is -3.55. The summed E-state index contributed by atoms with van der Waals surface area (Å²) in [5, 5.41) is 0. The first-order chi connectivity index (χ1) is 10.0. The van der Waals surface area contributed by atoms with E-state index in [1.807, 2.05) is 19.1 Å². The van der Waals surface area contributed by atoms with E-state index < -0.39 is 10.0 Å². The van der Waals surface area contributed by atoms with Gasteiger partial charge >= 0.3 is 0 Å². The number of hydrogen-bond acceptors (Lipinski definition) is 4. The molecule has 5 nitrogen and oxygen atoms in total. The summed E-state index contributed by atoms with van der Waals surface area (Å²) < 4.78 is 33.5. The average Bonchev–Trinajstić information content (AvgIpc) is 2.92. The van der Waals surface area contributed by atoms with Gasteiger partial charge in [-0.3, -0.25) is 0 Å². The van der Waals surface area contributed by atoms with Gasteiger partial charge in [0.25, 0.3) is 0 Å². The molecule has 2 rings (SSSR count). The molecule has 2 unspecified atom stereocenters. The Labute approximate surface area is 126 Å². The van der Waals surface area contributed by atoms with Crippen LogP contribution < -0.4 is 10.5 Å². The molecule has 0 bridgehead atoms. The zero-order valence-electron chi connectivity index (χ0n) is 12.6.